The smallest absolute Gasteiger partial charge is 0.408 e. The Morgan fingerprint density at radius 1 is 1.55 bits per heavy atom. The highest BCUT2D eigenvalue weighted by Crippen LogP contribution is 2.25. The molecule has 0 spiro atoms. The number of carbonyl (C=O) groups excluding carboxylic acids is 1. The lowest BCUT2D eigenvalue weighted by Gasteiger charge is -2.23. The summed E-state index contributed by atoms with van der Waals surface area (Å²) in [5.41, 5.74) is 0.568. The normalized spacial score (nSPS) is 12.4. The summed E-state index contributed by atoms with van der Waals surface area (Å²) < 4.78 is 5.79. The SMILES string of the molecule is CC(C)(C)OC(=O)N[C@@H](CO)c1ccc(C#N)cc1Br. The highest BCUT2D eigenvalue weighted by molar-refractivity contribution is 9.10. The van der Waals surface area contributed by atoms with E-state index in [1.165, 1.54) is 0 Å². The van der Waals surface area contributed by atoms with Gasteiger partial charge in [-0.1, -0.05) is 22.0 Å². The van der Waals surface area contributed by atoms with Gasteiger partial charge >= 0.3 is 6.09 Å². The van der Waals surface area contributed by atoms with Gasteiger partial charge in [0, 0.05) is 4.47 Å². The van der Waals surface area contributed by atoms with E-state index in [4.69, 9.17) is 10.00 Å². The van der Waals surface area contributed by atoms with Gasteiger partial charge in [-0.25, -0.2) is 4.79 Å². The molecule has 1 aromatic carbocycles. The van der Waals surface area contributed by atoms with Gasteiger partial charge in [0.2, 0.25) is 0 Å². The lowest BCUT2D eigenvalue weighted by atomic mass is 10.1. The van der Waals surface area contributed by atoms with Crippen LogP contribution in [0.3, 0.4) is 0 Å². The van der Waals surface area contributed by atoms with E-state index in [2.05, 4.69) is 21.2 Å². The summed E-state index contributed by atoms with van der Waals surface area (Å²) in [4.78, 5) is 11.7. The zero-order chi connectivity index (χ0) is 15.3. The molecule has 108 valence electrons. The van der Waals surface area contributed by atoms with Crippen molar-refractivity contribution in [2.75, 3.05) is 6.61 Å². The lowest BCUT2D eigenvalue weighted by Crippen LogP contribution is -2.36. The fourth-order valence-corrected chi connectivity index (χ4v) is 2.21. The van der Waals surface area contributed by atoms with Crippen molar-refractivity contribution in [2.24, 2.45) is 0 Å². The number of carbonyl (C=O) groups is 1. The predicted molar refractivity (Wildman–Crippen MR) is 78.1 cm³/mol. The summed E-state index contributed by atoms with van der Waals surface area (Å²) in [5, 5.41) is 20.8. The van der Waals surface area contributed by atoms with Crippen molar-refractivity contribution < 1.29 is 14.6 Å². The average molecular weight is 341 g/mol. The molecule has 0 aromatic heterocycles. The first kappa shape index (κ1) is 16.5. The van der Waals surface area contributed by atoms with Gasteiger partial charge in [0.15, 0.2) is 0 Å². The van der Waals surface area contributed by atoms with E-state index in [-0.39, 0.29) is 6.61 Å². The van der Waals surface area contributed by atoms with Crippen molar-refractivity contribution in [2.45, 2.75) is 32.4 Å². The van der Waals surface area contributed by atoms with Crippen LogP contribution in [0, 0.1) is 11.3 Å². The first-order chi connectivity index (χ1) is 9.26. The highest BCUT2D eigenvalue weighted by atomic mass is 79.9. The molecule has 0 saturated heterocycles. The van der Waals surface area contributed by atoms with E-state index in [9.17, 15) is 9.90 Å². The molecule has 2 N–H and O–H groups in total. The van der Waals surface area contributed by atoms with Gasteiger partial charge in [-0.05, 0) is 38.5 Å². The van der Waals surface area contributed by atoms with Crippen LogP contribution in [0.2, 0.25) is 0 Å². The number of rotatable bonds is 3. The Labute approximate surface area is 126 Å². The Kier molecular flexibility index (Phi) is 5.54. The number of nitrogens with one attached hydrogen (secondary N) is 1. The largest absolute Gasteiger partial charge is 0.444 e. The monoisotopic (exact) mass is 340 g/mol. The van der Waals surface area contributed by atoms with Crippen LogP contribution in [0.1, 0.15) is 37.9 Å². The van der Waals surface area contributed by atoms with Crippen molar-refractivity contribution in [1.82, 2.24) is 5.32 Å². The fourth-order valence-electron chi connectivity index (χ4n) is 1.55. The number of hydrogen-bond acceptors (Lipinski definition) is 4. The number of nitrogens with zero attached hydrogens (tertiary/aromatic N) is 1. The lowest BCUT2D eigenvalue weighted by molar-refractivity contribution is 0.0481. The minimum Gasteiger partial charge on any atom is -0.444 e. The molecule has 0 heterocycles. The van der Waals surface area contributed by atoms with E-state index in [0.717, 1.165) is 0 Å². The Morgan fingerprint density at radius 3 is 2.65 bits per heavy atom. The summed E-state index contributed by atoms with van der Waals surface area (Å²) in [6.07, 6.45) is -0.604. The second-order valence-corrected chi connectivity index (χ2v) is 6.08. The standard InChI is InChI=1S/C14H17BrN2O3/c1-14(2,3)20-13(19)17-12(8-18)10-5-4-9(7-16)6-11(10)15/h4-6,12,18H,8H2,1-3H3,(H,17,19)/t12-/m0/s1. The van der Waals surface area contributed by atoms with Crippen molar-refractivity contribution in [3.05, 3.63) is 33.8 Å². The number of amides is 1. The van der Waals surface area contributed by atoms with Gasteiger partial charge in [-0.3, -0.25) is 0 Å². The number of ether oxygens (including phenoxy) is 1. The van der Waals surface area contributed by atoms with Crippen LogP contribution in [-0.4, -0.2) is 23.4 Å². The number of aliphatic hydroxyl groups excluding tert-OH is 1. The Hall–Kier alpha value is -1.58. The minimum absolute atomic E-state index is 0.274. The maximum Gasteiger partial charge on any atom is 0.408 e. The van der Waals surface area contributed by atoms with Crippen molar-refractivity contribution in [3.63, 3.8) is 0 Å². The maximum absolute atomic E-state index is 11.7. The molecule has 0 aliphatic carbocycles. The van der Waals surface area contributed by atoms with Crippen LogP contribution in [0.25, 0.3) is 0 Å². The molecule has 0 aliphatic rings. The van der Waals surface area contributed by atoms with E-state index in [0.29, 0.717) is 15.6 Å². The van der Waals surface area contributed by atoms with Gasteiger partial charge in [0.25, 0.3) is 0 Å². The third-order valence-electron chi connectivity index (χ3n) is 2.38. The molecule has 6 heteroatoms. The number of benzene rings is 1. The number of aliphatic hydroxyl groups is 1. The quantitative estimate of drug-likeness (QED) is 0.886. The van der Waals surface area contributed by atoms with Crippen LogP contribution >= 0.6 is 15.9 Å². The first-order valence-electron chi connectivity index (χ1n) is 6.06. The topological polar surface area (TPSA) is 82.3 Å². The van der Waals surface area contributed by atoms with Gasteiger partial charge in [-0.2, -0.15) is 5.26 Å². The number of nitriles is 1. The van der Waals surface area contributed by atoms with Gasteiger partial charge in [-0.15, -0.1) is 0 Å². The van der Waals surface area contributed by atoms with Crippen LogP contribution in [0.4, 0.5) is 4.79 Å². The van der Waals surface area contributed by atoms with Crippen LogP contribution in [-0.2, 0) is 4.74 Å². The third-order valence-corrected chi connectivity index (χ3v) is 3.07. The van der Waals surface area contributed by atoms with E-state index in [1.807, 2.05) is 6.07 Å². The minimum atomic E-state index is -0.605. The van der Waals surface area contributed by atoms with E-state index < -0.39 is 17.7 Å². The zero-order valence-corrected chi connectivity index (χ0v) is 13.2. The molecule has 5 nitrogen and oxygen atoms in total. The molecule has 0 unspecified atom stereocenters. The van der Waals surface area contributed by atoms with Crippen LogP contribution in [0.15, 0.2) is 22.7 Å². The molecule has 1 aromatic rings. The fraction of sp³-hybridized carbons (Fsp3) is 0.429. The molecule has 0 bridgehead atoms. The van der Waals surface area contributed by atoms with Crippen LogP contribution < -0.4 is 5.32 Å². The molecular weight excluding hydrogens is 324 g/mol. The second-order valence-electron chi connectivity index (χ2n) is 5.23. The van der Waals surface area contributed by atoms with E-state index >= 15 is 0 Å². The number of hydrogen-bond donors (Lipinski definition) is 2. The summed E-state index contributed by atoms with van der Waals surface area (Å²) in [6, 6.07) is 6.35. The van der Waals surface area contributed by atoms with Crippen LogP contribution in [0.5, 0.6) is 0 Å². The van der Waals surface area contributed by atoms with Gasteiger partial charge in [0.1, 0.15) is 5.60 Å². The Balaban J connectivity index is 2.87. The predicted octanol–water partition coefficient (Wildman–Crippen LogP) is 2.88. The Morgan fingerprint density at radius 2 is 2.20 bits per heavy atom. The van der Waals surface area contributed by atoms with Gasteiger partial charge < -0.3 is 15.2 Å². The first-order valence-corrected chi connectivity index (χ1v) is 6.86. The third kappa shape index (κ3) is 4.83. The summed E-state index contributed by atoms with van der Waals surface area (Å²) >= 11 is 3.33. The number of alkyl carbamates (subject to hydrolysis) is 1. The molecule has 0 radical (unpaired) electrons. The molecule has 0 saturated carbocycles. The molecule has 0 fully saturated rings. The molecule has 1 atom stereocenters. The molecule has 0 aliphatic heterocycles. The number of halogens is 1. The maximum atomic E-state index is 11.7. The second kappa shape index (κ2) is 6.73. The zero-order valence-electron chi connectivity index (χ0n) is 11.6. The summed E-state index contributed by atoms with van der Waals surface area (Å²) in [5.74, 6) is 0. The summed E-state index contributed by atoms with van der Waals surface area (Å²) in [6.45, 7) is 5.01. The molecule has 1 rings (SSSR count). The highest BCUT2D eigenvalue weighted by Gasteiger charge is 2.21. The summed E-state index contributed by atoms with van der Waals surface area (Å²) in [7, 11) is 0. The molecule has 1 amide bonds. The van der Waals surface area contributed by atoms with Crippen molar-refractivity contribution >= 4 is 22.0 Å². The van der Waals surface area contributed by atoms with Crippen molar-refractivity contribution in [1.29, 1.82) is 5.26 Å². The van der Waals surface area contributed by atoms with Gasteiger partial charge in [0.05, 0.1) is 24.3 Å². The molecular formula is C14H17BrN2O3. The van der Waals surface area contributed by atoms with Crippen molar-refractivity contribution in [3.8, 4) is 6.07 Å². The Bertz CT molecular complexity index is 532. The molecule has 20 heavy (non-hydrogen) atoms. The average Bonchev–Trinajstić information content (AvgIpc) is 2.34. The van der Waals surface area contributed by atoms with E-state index in [1.54, 1.807) is 39.0 Å².